The zero-order valence-electron chi connectivity index (χ0n) is 13.8. The maximum absolute atomic E-state index is 13.1. The van der Waals surface area contributed by atoms with Gasteiger partial charge in [-0.3, -0.25) is 14.2 Å². The third kappa shape index (κ3) is 3.71. The lowest BCUT2D eigenvalue weighted by molar-refractivity contribution is 0.102. The predicted molar refractivity (Wildman–Crippen MR) is 93.3 cm³/mol. The van der Waals surface area contributed by atoms with Gasteiger partial charge in [-0.25, -0.2) is 4.39 Å². The average Bonchev–Trinajstić information content (AvgIpc) is 3.16. The lowest BCUT2D eigenvalue weighted by Gasteiger charge is -2.05. The van der Waals surface area contributed by atoms with Crippen molar-refractivity contribution in [3.63, 3.8) is 0 Å². The second kappa shape index (κ2) is 7.06. The van der Waals surface area contributed by atoms with Crippen LogP contribution in [0.5, 0.6) is 0 Å². The number of carbonyl (C=O) groups is 1. The van der Waals surface area contributed by atoms with Gasteiger partial charge in [-0.05, 0) is 31.5 Å². The van der Waals surface area contributed by atoms with E-state index in [9.17, 15) is 9.18 Å². The summed E-state index contributed by atoms with van der Waals surface area (Å²) in [5, 5.41) is 11.5. The third-order valence-electron chi connectivity index (χ3n) is 3.88. The van der Waals surface area contributed by atoms with Crippen LogP contribution in [0.25, 0.3) is 0 Å². The minimum Gasteiger partial charge on any atom is -0.305 e. The summed E-state index contributed by atoms with van der Waals surface area (Å²) in [5.41, 5.74) is 2.06. The van der Waals surface area contributed by atoms with E-state index in [2.05, 4.69) is 15.5 Å². The largest absolute Gasteiger partial charge is 0.305 e. The Morgan fingerprint density at radius 1 is 1.36 bits per heavy atom. The highest BCUT2D eigenvalue weighted by molar-refractivity contribution is 6.31. The number of nitrogens with one attached hydrogen (secondary N) is 1. The highest BCUT2D eigenvalue weighted by Gasteiger charge is 2.15. The number of hydrogen-bond donors (Lipinski definition) is 1. The molecule has 0 aliphatic carbocycles. The van der Waals surface area contributed by atoms with Gasteiger partial charge in [0.25, 0.3) is 5.91 Å². The normalized spacial score (nSPS) is 10.9. The van der Waals surface area contributed by atoms with Crippen LogP contribution in [0.3, 0.4) is 0 Å². The Morgan fingerprint density at radius 2 is 2.16 bits per heavy atom. The van der Waals surface area contributed by atoms with Gasteiger partial charge in [0.05, 0.1) is 18.3 Å². The first-order chi connectivity index (χ1) is 12.0. The molecule has 0 fully saturated rings. The van der Waals surface area contributed by atoms with Crippen LogP contribution >= 0.6 is 11.6 Å². The highest BCUT2D eigenvalue weighted by atomic mass is 35.5. The number of carbonyl (C=O) groups excluding carboxylic acids is 1. The number of aromatic nitrogens is 4. The SMILES string of the molecule is CCn1ncc(C(=O)Nc2ccn(Cc3ccc(F)cc3Cl)n2)c1C. The molecule has 1 N–H and O–H groups in total. The van der Waals surface area contributed by atoms with Gasteiger partial charge in [0.2, 0.25) is 0 Å². The monoisotopic (exact) mass is 361 g/mol. The molecule has 1 aromatic carbocycles. The molecule has 0 spiro atoms. The number of nitrogens with zero attached hydrogens (tertiary/aromatic N) is 4. The summed E-state index contributed by atoms with van der Waals surface area (Å²) in [4.78, 5) is 12.3. The molecule has 3 aromatic rings. The molecule has 0 atom stereocenters. The molecule has 0 saturated heterocycles. The van der Waals surface area contributed by atoms with E-state index in [1.807, 2.05) is 13.8 Å². The molecular formula is C17H17ClFN5O. The first-order valence-electron chi connectivity index (χ1n) is 7.79. The van der Waals surface area contributed by atoms with Crippen LogP contribution in [0, 0.1) is 12.7 Å². The summed E-state index contributed by atoms with van der Waals surface area (Å²) in [7, 11) is 0. The van der Waals surface area contributed by atoms with Gasteiger partial charge in [-0.15, -0.1) is 0 Å². The first-order valence-corrected chi connectivity index (χ1v) is 8.17. The van der Waals surface area contributed by atoms with Crippen molar-refractivity contribution in [2.24, 2.45) is 0 Å². The van der Waals surface area contributed by atoms with Crippen LogP contribution in [0.1, 0.15) is 28.5 Å². The van der Waals surface area contributed by atoms with E-state index in [0.29, 0.717) is 29.5 Å². The smallest absolute Gasteiger partial charge is 0.260 e. The molecule has 130 valence electrons. The Kier molecular flexibility index (Phi) is 4.85. The van der Waals surface area contributed by atoms with Crippen molar-refractivity contribution in [2.75, 3.05) is 5.32 Å². The van der Waals surface area contributed by atoms with E-state index in [1.165, 1.54) is 12.1 Å². The van der Waals surface area contributed by atoms with Crippen molar-refractivity contribution in [1.29, 1.82) is 0 Å². The molecule has 0 aliphatic heterocycles. The zero-order valence-corrected chi connectivity index (χ0v) is 14.6. The number of benzene rings is 1. The number of aryl methyl sites for hydroxylation is 1. The van der Waals surface area contributed by atoms with Gasteiger partial charge in [0, 0.05) is 29.5 Å². The molecule has 2 aromatic heterocycles. The number of halogens is 2. The molecule has 8 heteroatoms. The molecule has 0 aliphatic rings. The predicted octanol–water partition coefficient (Wildman–Crippen LogP) is 3.50. The fourth-order valence-corrected chi connectivity index (χ4v) is 2.74. The standard InChI is InChI=1S/C17H17ClFN5O/c1-3-24-11(2)14(9-20-24)17(25)21-16-6-7-23(22-16)10-12-4-5-13(19)8-15(12)18/h4-9H,3,10H2,1-2H3,(H,21,22,25). The van der Waals surface area contributed by atoms with E-state index < -0.39 is 0 Å². The van der Waals surface area contributed by atoms with E-state index in [1.54, 1.807) is 33.9 Å². The number of hydrogen-bond acceptors (Lipinski definition) is 3. The van der Waals surface area contributed by atoms with Gasteiger partial charge in [0.1, 0.15) is 5.82 Å². The Bertz CT molecular complexity index is 918. The van der Waals surface area contributed by atoms with Crippen molar-refractivity contribution in [3.8, 4) is 0 Å². The molecule has 25 heavy (non-hydrogen) atoms. The number of anilines is 1. The lowest BCUT2D eigenvalue weighted by Crippen LogP contribution is -2.14. The summed E-state index contributed by atoms with van der Waals surface area (Å²) >= 11 is 6.02. The molecule has 1 amide bonds. The number of amides is 1. The maximum Gasteiger partial charge on any atom is 0.260 e. The topological polar surface area (TPSA) is 64.7 Å². The van der Waals surface area contributed by atoms with E-state index in [0.717, 1.165) is 11.3 Å². The average molecular weight is 362 g/mol. The summed E-state index contributed by atoms with van der Waals surface area (Å²) in [6.45, 7) is 4.89. The van der Waals surface area contributed by atoms with E-state index in [-0.39, 0.29) is 11.7 Å². The fourth-order valence-electron chi connectivity index (χ4n) is 2.51. The van der Waals surface area contributed by atoms with Gasteiger partial charge in [0.15, 0.2) is 5.82 Å². The minimum atomic E-state index is -0.384. The Hall–Kier alpha value is -2.67. The Labute approximate surface area is 149 Å². The van der Waals surface area contributed by atoms with Crippen LogP contribution in [0.15, 0.2) is 36.7 Å². The van der Waals surface area contributed by atoms with Crippen molar-refractivity contribution in [1.82, 2.24) is 19.6 Å². The zero-order chi connectivity index (χ0) is 18.0. The van der Waals surface area contributed by atoms with Crippen molar-refractivity contribution in [3.05, 3.63) is 64.3 Å². The lowest BCUT2D eigenvalue weighted by atomic mass is 10.2. The van der Waals surface area contributed by atoms with E-state index in [4.69, 9.17) is 11.6 Å². The summed E-state index contributed by atoms with van der Waals surface area (Å²) in [5.74, 6) is -0.223. The highest BCUT2D eigenvalue weighted by Crippen LogP contribution is 2.19. The maximum atomic E-state index is 13.1. The molecular weight excluding hydrogens is 345 g/mol. The fraction of sp³-hybridized carbons (Fsp3) is 0.235. The Balaban J connectivity index is 1.71. The van der Waals surface area contributed by atoms with Crippen molar-refractivity contribution < 1.29 is 9.18 Å². The molecule has 0 bridgehead atoms. The third-order valence-corrected chi connectivity index (χ3v) is 4.23. The van der Waals surface area contributed by atoms with Crippen LogP contribution in [-0.2, 0) is 13.1 Å². The molecule has 0 saturated carbocycles. The molecule has 2 heterocycles. The molecule has 0 radical (unpaired) electrons. The van der Waals surface area contributed by atoms with E-state index >= 15 is 0 Å². The van der Waals surface area contributed by atoms with Gasteiger partial charge >= 0.3 is 0 Å². The quantitative estimate of drug-likeness (QED) is 0.756. The summed E-state index contributed by atoms with van der Waals surface area (Å²) in [6, 6.07) is 5.91. The van der Waals surface area contributed by atoms with Crippen LogP contribution in [0.2, 0.25) is 5.02 Å². The summed E-state index contributed by atoms with van der Waals surface area (Å²) < 4.78 is 16.5. The van der Waals surface area contributed by atoms with Gasteiger partial charge in [-0.1, -0.05) is 17.7 Å². The molecule has 0 unspecified atom stereocenters. The van der Waals surface area contributed by atoms with Gasteiger partial charge in [-0.2, -0.15) is 10.2 Å². The second-order valence-electron chi connectivity index (χ2n) is 5.55. The van der Waals surface area contributed by atoms with Crippen molar-refractivity contribution >= 4 is 23.3 Å². The molecule has 6 nitrogen and oxygen atoms in total. The second-order valence-corrected chi connectivity index (χ2v) is 5.96. The Morgan fingerprint density at radius 3 is 2.84 bits per heavy atom. The minimum absolute atomic E-state index is 0.262. The van der Waals surface area contributed by atoms with Gasteiger partial charge < -0.3 is 5.32 Å². The summed E-state index contributed by atoms with van der Waals surface area (Å²) in [6.07, 6.45) is 3.26. The van der Waals surface area contributed by atoms with Crippen LogP contribution < -0.4 is 5.32 Å². The molecule has 3 rings (SSSR count). The number of rotatable bonds is 5. The van der Waals surface area contributed by atoms with Crippen LogP contribution in [0.4, 0.5) is 10.2 Å². The van der Waals surface area contributed by atoms with Crippen molar-refractivity contribution in [2.45, 2.75) is 26.9 Å². The first kappa shape index (κ1) is 17.2. The van der Waals surface area contributed by atoms with Crippen LogP contribution in [-0.4, -0.2) is 25.5 Å².